The summed E-state index contributed by atoms with van der Waals surface area (Å²) in [5.41, 5.74) is 2.48. The van der Waals surface area contributed by atoms with Crippen molar-refractivity contribution in [2.24, 2.45) is 0 Å². The molecule has 0 radical (unpaired) electrons. The molecular formula is C28H33N3O5S. The van der Waals surface area contributed by atoms with Gasteiger partial charge in [-0.05, 0) is 35.2 Å². The molecule has 196 valence electrons. The number of benzene rings is 3. The summed E-state index contributed by atoms with van der Waals surface area (Å²) in [4.78, 5) is 28.6. The molecule has 37 heavy (non-hydrogen) atoms. The summed E-state index contributed by atoms with van der Waals surface area (Å²) in [5.74, 6) is -0.168. The number of likely N-dealkylation sites (N-methyl/N-ethyl adjacent to an activating group) is 1. The van der Waals surface area contributed by atoms with Crippen molar-refractivity contribution in [3.63, 3.8) is 0 Å². The van der Waals surface area contributed by atoms with Gasteiger partial charge in [0.2, 0.25) is 21.8 Å². The second-order valence-electron chi connectivity index (χ2n) is 8.73. The second-order valence-corrected chi connectivity index (χ2v) is 10.8. The normalized spacial score (nSPS) is 12.1. The Bertz CT molecular complexity index is 1270. The Morgan fingerprint density at radius 2 is 1.49 bits per heavy atom. The average Bonchev–Trinajstić information content (AvgIpc) is 2.89. The van der Waals surface area contributed by atoms with Crippen molar-refractivity contribution in [3.05, 3.63) is 102 Å². The van der Waals surface area contributed by atoms with Crippen LogP contribution in [0.5, 0.6) is 5.75 Å². The van der Waals surface area contributed by atoms with Crippen LogP contribution in [0.3, 0.4) is 0 Å². The van der Waals surface area contributed by atoms with Crippen LogP contribution in [0.15, 0.2) is 84.9 Å². The molecule has 0 saturated heterocycles. The smallest absolute Gasteiger partial charge is 0.247 e. The average molecular weight is 524 g/mol. The second kappa shape index (κ2) is 13.0. The number of ether oxygens (including phenoxy) is 1. The highest BCUT2D eigenvalue weighted by Crippen LogP contribution is 2.25. The van der Waals surface area contributed by atoms with Gasteiger partial charge in [0.25, 0.3) is 0 Å². The standard InChI is InChI=1S/C28H33N3O5S/c1-30(37(3,34)35)21-26(32)31(20-23-14-16-25(36-2)17-15-23)27(24-12-8-5-9-13-24)28(33)29-19-18-22-10-6-4-7-11-22/h4-17,27H,18-21H2,1-3H3,(H,29,33)/t27-/m0/s1. The minimum absolute atomic E-state index is 0.103. The largest absolute Gasteiger partial charge is 0.497 e. The van der Waals surface area contributed by atoms with Gasteiger partial charge in [-0.3, -0.25) is 9.59 Å². The van der Waals surface area contributed by atoms with Crippen LogP contribution in [-0.4, -0.2) is 62.9 Å². The Morgan fingerprint density at radius 1 is 0.892 bits per heavy atom. The summed E-state index contributed by atoms with van der Waals surface area (Å²) in [7, 11) is -0.690. The Labute approximate surface area is 218 Å². The fraction of sp³-hybridized carbons (Fsp3) is 0.286. The van der Waals surface area contributed by atoms with Crippen LogP contribution in [0.2, 0.25) is 0 Å². The molecule has 1 N–H and O–H groups in total. The lowest BCUT2D eigenvalue weighted by Crippen LogP contribution is -2.47. The minimum Gasteiger partial charge on any atom is -0.497 e. The third kappa shape index (κ3) is 8.16. The Hall–Kier alpha value is -3.69. The van der Waals surface area contributed by atoms with E-state index in [9.17, 15) is 18.0 Å². The van der Waals surface area contributed by atoms with E-state index < -0.39 is 28.5 Å². The molecule has 2 amide bonds. The molecule has 1 atom stereocenters. The van der Waals surface area contributed by atoms with Crippen LogP contribution >= 0.6 is 0 Å². The Morgan fingerprint density at radius 3 is 2.05 bits per heavy atom. The van der Waals surface area contributed by atoms with Gasteiger partial charge >= 0.3 is 0 Å². The number of carbonyl (C=O) groups excluding carboxylic acids is 2. The molecule has 0 bridgehead atoms. The molecule has 0 saturated carbocycles. The molecular weight excluding hydrogens is 490 g/mol. The van der Waals surface area contributed by atoms with E-state index >= 15 is 0 Å². The van der Waals surface area contributed by atoms with Crippen molar-refractivity contribution in [2.45, 2.75) is 19.0 Å². The third-order valence-electron chi connectivity index (χ3n) is 5.99. The van der Waals surface area contributed by atoms with E-state index in [0.717, 1.165) is 21.7 Å². The zero-order valence-corrected chi connectivity index (χ0v) is 22.1. The highest BCUT2D eigenvalue weighted by Gasteiger charge is 2.32. The lowest BCUT2D eigenvalue weighted by atomic mass is 10.0. The molecule has 0 spiro atoms. The van der Waals surface area contributed by atoms with Crippen LogP contribution in [0.25, 0.3) is 0 Å². The molecule has 3 aromatic carbocycles. The molecule has 0 aliphatic rings. The van der Waals surface area contributed by atoms with E-state index in [2.05, 4.69) is 5.32 Å². The minimum atomic E-state index is -3.60. The van der Waals surface area contributed by atoms with Crippen molar-refractivity contribution in [1.29, 1.82) is 0 Å². The van der Waals surface area contributed by atoms with Crippen LogP contribution in [-0.2, 0) is 32.6 Å². The zero-order valence-electron chi connectivity index (χ0n) is 21.3. The number of hydrogen-bond donors (Lipinski definition) is 1. The highest BCUT2D eigenvalue weighted by molar-refractivity contribution is 7.88. The SMILES string of the molecule is COc1ccc(CN(C(=O)CN(C)S(C)(=O)=O)[C@H](C(=O)NCCc2ccccc2)c2ccccc2)cc1. The Kier molecular flexibility index (Phi) is 9.82. The molecule has 0 fully saturated rings. The molecule has 0 aliphatic heterocycles. The Balaban J connectivity index is 1.92. The summed E-state index contributed by atoms with van der Waals surface area (Å²) in [6.07, 6.45) is 1.68. The first kappa shape index (κ1) is 27.9. The number of methoxy groups -OCH3 is 1. The van der Waals surface area contributed by atoms with Gasteiger partial charge in [-0.15, -0.1) is 0 Å². The molecule has 8 nitrogen and oxygen atoms in total. The monoisotopic (exact) mass is 523 g/mol. The summed E-state index contributed by atoms with van der Waals surface area (Å²) in [5, 5.41) is 2.97. The topological polar surface area (TPSA) is 96.0 Å². The van der Waals surface area contributed by atoms with E-state index in [-0.39, 0.29) is 12.5 Å². The molecule has 3 rings (SSSR count). The van der Waals surface area contributed by atoms with Gasteiger partial charge < -0.3 is 15.0 Å². The van der Waals surface area contributed by atoms with Gasteiger partial charge in [0.1, 0.15) is 11.8 Å². The lowest BCUT2D eigenvalue weighted by Gasteiger charge is -2.32. The lowest BCUT2D eigenvalue weighted by molar-refractivity contribution is -0.141. The number of carbonyl (C=O) groups is 2. The number of nitrogens with one attached hydrogen (secondary N) is 1. The maximum Gasteiger partial charge on any atom is 0.247 e. The fourth-order valence-corrected chi connectivity index (χ4v) is 4.17. The number of rotatable bonds is 12. The van der Waals surface area contributed by atoms with Crippen LogP contribution < -0.4 is 10.1 Å². The molecule has 3 aromatic rings. The van der Waals surface area contributed by atoms with Gasteiger partial charge in [-0.1, -0.05) is 72.8 Å². The van der Waals surface area contributed by atoms with Gasteiger partial charge in [0, 0.05) is 20.1 Å². The number of nitrogens with zero attached hydrogens (tertiary/aromatic N) is 2. The summed E-state index contributed by atoms with van der Waals surface area (Å²) < 4.78 is 30.3. The molecule has 0 unspecified atom stereocenters. The van der Waals surface area contributed by atoms with Crippen molar-refractivity contribution < 1.29 is 22.7 Å². The van der Waals surface area contributed by atoms with Crippen molar-refractivity contribution in [2.75, 3.05) is 33.5 Å². The first-order valence-corrected chi connectivity index (χ1v) is 13.7. The predicted octanol–water partition coefficient (Wildman–Crippen LogP) is 3.02. The first-order valence-electron chi connectivity index (χ1n) is 11.9. The number of amides is 2. The molecule has 0 aliphatic carbocycles. The molecule has 9 heteroatoms. The van der Waals surface area contributed by atoms with Crippen molar-refractivity contribution in [1.82, 2.24) is 14.5 Å². The van der Waals surface area contributed by atoms with E-state index in [1.54, 1.807) is 43.5 Å². The van der Waals surface area contributed by atoms with Gasteiger partial charge in [-0.25, -0.2) is 8.42 Å². The molecule has 0 heterocycles. The summed E-state index contributed by atoms with van der Waals surface area (Å²) >= 11 is 0. The third-order valence-corrected chi connectivity index (χ3v) is 7.25. The van der Waals surface area contributed by atoms with Gasteiger partial charge in [0.05, 0.1) is 19.9 Å². The first-order chi connectivity index (χ1) is 17.7. The number of hydrogen-bond acceptors (Lipinski definition) is 5. The summed E-state index contributed by atoms with van der Waals surface area (Å²) in [6.45, 7) is 0.0989. The maximum atomic E-state index is 13.6. The quantitative estimate of drug-likeness (QED) is 0.394. The van der Waals surface area contributed by atoms with E-state index in [1.807, 2.05) is 48.5 Å². The predicted molar refractivity (Wildman–Crippen MR) is 143 cm³/mol. The van der Waals surface area contributed by atoms with Crippen LogP contribution in [0.4, 0.5) is 0 Å². The van der Waals surface area contributed by atoms with E-state index in [0.29, 0.717) is 24.3 Å². The molecule has 0 aromatic heterocycles. The number of sulfonamides is 1. The van der Waals surface area contributed by atoms with Crippen LogP contribution in [0, 0.1) is 0 Å². The van der Waals surface area contributed by atoms with Gasteiger partial charge in [0.15, 0.2) is 0 Å². The van der Waals surface area contributed by atoms with E-state index in [4.69, 9.17) is 4.74 Å². The fourth-order valence-electron chi connectivity index (χ4n) is 3.83. The highest BCUT2D eigenvalue weighted by atomic mass is 32.2. The van der Waals surface area contributed by atoms with Crippen LogP contribution in [0.1, 0.15) is 22.7 Å². The maximum absolute atomic E-state index is 13.6. The van der Waals surface area contributed by atoms with Crippen molar-refractivity contribution >= 4 is 21.8 Å². The van der Waals surface area contributed by atoms with Gasteiger partial charge in [-0.2, -0.15) is 4.31 Å². The van der Waals surface area contributed by atoms with Crippen molar-refractivity contribution in [3.8, 4) is 5.75 Å². The van der Waals surface area contributed by atoms with E-state index in [1.165, 1.54) is 11.9 Å². The zero-order chi connectivity index (χ0) is 26.8. The summed E-state index contributed by atoms with van der Waals surface area (Å²) in [6, 6.07) is 25.0.